The lowest BCUT2D eigenvalue weighted by atomic mass is 10.2. The Kier molecular flexibility index (Phi) is 6.53. The summed E-state index contributed by atoms with van der Waals surface area (Å²) in [6.45, 7) is -4.17. The van der Waals surface area contributed by atoms with E-state index in [-0.39, 0.29) is 24.6 Å². The molecule has 0 fully saturated rings. The molecule has 0 bridgehead atoms. The highest BCUT2D eigenvalue weighted by Crippen LogP contribution is 2.27. The predicted octanol–water partition coefficient (Wildman–Crippen LogP) is 2.36. The standard InChI is InChI=1S/C12H15F4NO3/c1-7(18)5-17-6-8-2-3-9(19-11(13)14)4-10(8)20-12(15)16/h2-4,7,11-12,17-18H,5-6H2,1H3. The van der Waals surface area contributed by atoms with Gasteiger partial charge in [-0.05, 0) is 13.0 Å². The molecular formula is C12H15F4NO3. The minimum atomic E-state index is -3.08. The molecule has 1 atom stereocenters. The molecule has 0 amide bonds. The van der Waals surface area contributed by atoms with Gasteiger partial charge in [0.2, 0.25) is 0 Å². The summed E-state index contributed by atoms with van der Waals surface area (Å²) in [4.78, 5) is 0. The Bertz CT molecular complexity index is 416. The van der Waals surface area contributed by atoms with Crippen LogP contribution in [-0.2, 0) is 6.54 Å². The van der Waals surface area contributed by atoms with E-state index in [0.29, 0.717) is 5.56 Å². The molecule has 4 nitrogen and oxygen atoms in total. The molecule has 1 aromatic rings. The Morgan fingerprint density at radius 1 is 1.15 bits per heavy atom. The first kappa shape index (κ1) is 16.5. The van der Waals surface area contributed by atoms with E-state index < -0.39 is 19.3 Å². The molecule has 1 unspecified atom stereocenters. The van der Waals surface area contributed by atoms with E-state index in [9.17, 15) is 17.6 Å². The maximum absolute atomic E-state index is 12.3. The molecule has 2 N–H and O–H groups in total. The average Bonchev–Trinajstić information content (AvgIpc) is 2.29. The number of benzene rings is 1. The molecule has 0 aliphatic rings. The van der Waals surface area contributed by atoms with E-state index in [1.165, 1.54) is 12.1 Å². The first-order chi connectivity index (χ1) is 9.38. The summed E-state index contributed by atoms with van der Waals surface area (Å²) < 4.78 is 57.0. The predicted molar refractivity (Wildman–Crippen MR) is 63.1 cm³/mol. The monoisotopic (exact) mass is 297 g/mol. The molecular weight excluding hydrogens is 282 g/mol. The molecule has 0 saturated heterocycles. The van der Waals surface area contributed by atoms with Crippen molar-refractivity contribution < 1.29 is 32.1 Å². The highest BCUT2D eigenvalue weighted by Gasteiger charge is 2.13. The number of aliphatic hydroxyl groups is 1. The molecule has 0 aliphatic heterocycles. The molecule has 20 heavy (non-hydrogen) atoms. The summed E-state index contributed by atoms with van der Waals surface area (Å²) in [6.07, 6.45) is -0.601. The lowest BCUT2D eigenvalue weighted by molar-refractivity contribution is -0.0547. The first-order valence-electron chi connectivity index (χ1n) is 5.80. The number of nitrogens with one attached hydrogen (secondary N) is 1. The molecule has 0 spiro atoms. The molecule has 0 aromatic heterocycles. The number of rotatable bonds is 8. The van der Waals surface area contributed by atoms with Gasteiger partial charge in [-0.15, -0.1) is 0 Å². The third-order valence-corrected chi connectivity index (χ3v) is 2.24. The van der Waals surface area contributed by atoms with Crippen molar-refractivity contribution in [2.75, 3.05) is 6.54 Å². The number of hydrogen-bond acceptors (Lipinski definition) is 4. The van der Waals surface area contributed by atoms with E-state index in [1.807, 2.05) is 0 Å². The SMILES string of the molecule is CC(O)CNCc1ccc(OC(F)F)cc1OC(F)F. The van der Waals surface area contributed by atoms with Crippen LogP contribution in [0.25, 0.3) is 0 Å². The normalized spacial score (nSPS) is 12.8. The zero-order chi connectivity index (χ0) is 15.1. The van der Waals surface area contributed by atoms with E-state index in [4.69, 9.17) is 5.11 Å². The van der Waals surface area contributed by atoms with Gasteiger partial charge >= 0.3 is 13.2 Å². The number of hydrogen-bond donors (Lipinski definition) is 2. The van der Waals surface area contributed by atoms with Crippen molar-refractivity contribution in [2.45, 2.75) is 32.8 Å². The molecule has 1 aromatic carbocycles. The maximum atomic E-state index is 12.3. The molecule has 0 heterocycles. The zero-order valence-electron chi connectivity index (χ0n) is 10.7. The molecule has 0 aliphatic carbocycles. The average molecular weight is 297 g/mol. The van der Waals surface area contributed by atoms with Gasteiger partial charge in [0, 0.05) is 24.7 Å². The van der Waals surface area contributed by atoms with Crippen LogP contribution in [0.3, 0.4) is 0 Å². The van der Waals surface area contributed by atoms with Gasteiger partial charge in [0.15, 0.2) is 0 Å². The summed E-state index contributed by atoms with van der Waals surface area (Å²) in [5.41, 5.74) is 0.340. The van der Waals surface area contributed by atoms with Gasteiger partial charge in [-0.1, -0.05) is 6.07 Å². The second-order valence-electron chi connectivity index (χ2n) is 4.01. The van der Waals surface area contributed by atoms with Crippen molar-refractivity contribution in [1.29, 1.82) is 0 Å². The summed E-state index contributed by atoms with van der Waals surface area (Å²) in [5.74, 6) is -0.522. The van der Waals surface area contributed by atoms with Crippen LogP contribution >= 0.6 is 0 Å². The van der Waals surface area contributed by atoms with E-state index in [2.05, 4.69) is 14.8 Å². The molecule has 0 saturated carbocycles. The largest absolute Gasteiger partial charge is 0.435 e. The van der Waals surface area contributed by atoms with Gasteiger partial charge in [0.05, 0.1) is 6.10 Å². The minimum absolute atomic E-state index is 0.141. The summed E-state index contributed by atoms with van der Waals surface area (Å²) in [6, 6.07) is 3.53. The van der Waals surface area contributed by atoms with Crippen molar-refractivity contribution in [2.24, 2.45) is 0 Å². The summed E-state index contributed by atoms with van der Waals surface area (Å²) in [7, 11) is 0. The lowest BCUT2D eigenvalue weighted by Crippen LogP contribution is -2.24. The maximum Gasteiger partial charge on any atom is 0.387 e. The van der Waals surface area contributed by atoms with E-state index in [1.54, 1.807) is 6.92 Å². The fraction of sp³-hybridized carbons (Fsp3) is 0.500. The Hall–Kier alpha value is -1.54. The van der Waals surface area contributed by atoms with Gasteiger partial charge in [0.1, 0.15) is 11.5 Å². The van der Waals surface area contributed by atoms with Gasteiger partial charge in [0.25, 0.3) is 0 Å². The van der Waals surface area contributed by atoms with Crippen molar-refractivity contribution in [3.63, 3.8) is 0 Å². The van der Waals surface area contributed by atoms with Crippen molar-refractivity contribution in [3.05, 3.63) is 23.8 Å². The van der Waals surface area contributed by atoms with Gasteiger partial charge in [-0.2, -0.15) is 17.6 Å². The fourth-order valence-corrected chi connectivity index (χ4v) is 1.48. The van der Waals surface area contributed by atoms with Crippen LogP contribution in [0.15, 0.2) is 18.2 Å². The van der Waals surface area contributed by atoms with E-state index in [0.717, 1.165) is 6.07 Å². The molecule has 114 valence electrons. The lowest BCUT2D eigenvalue weighted by Gasteiger charge is -2.14. The van der Waals surface area contributed by atoms with Crippen LogP contribution in [-0.4, -0.2) is 31.0 Å². The highest BCUT2D eigenvalue weighted by molar-refractivity contribution is 5.40. The third kappa shape index (κ3) is 6.07. The van der Waals surface area contributed by atoms with Crippen LogP contribution in [0.2, 0.25) is 0 Å². The van der Waals surface area contributed by atoms with Crippen LogP contribution < -0.4 is 14.8 Å². The van der Waals surface area contributed by atoms with Gasteiger partial charge in [-0.3, -0.25) is 0 Å². The first-order valence-corrected chi connectivity index (χ1v) is 5.80. The smallest absolute Gasteiger partial charge is 0.387 e. The topological polar surface area (TPSA) is 50.7 Å². The Morgan fingerprint density at radius 2 is 1.80 bits per heavy atom. The van der Waals surface area contributed by atoms with Crippen LogP contribution in [0.5, 0.6) is 11.5 Å². The molecule has 0 radical (unpaired) electrons. The van der Waals surface area contributed by atoms with Crippen molar-refractivity contribution >= 4 is 0 Å². The van der Waals surface area contributed by atoms with Crippen molar-refractivity contribution in [3.8, 4) is 11.5 Å². The quantitative estimate of drug-likeness (QED) is 0.723. The number of ether oxygens (including phenoxy) is 2. The zero-order valence-corrected chi connectivity index (χ0v) is 10.7. The summed E-state index contributed by atoms with van der Waals surface area (Å²) >= 11 is 0. The minimum Gasteiger partial charge on any atom is -0.435 e. The Balaban J connectivity index is 2.80. The second-order valence-corrected chi connectivity index (χ2v) is 4.01. The van der Waals surface area contributed by atoms with Gasteiger partial charge < -0.3 is 19.9 Å². The Labute approximate surface area is 113 Å². The van der Waals surface area contributed by atoms with Crippen LogP contribution in [0.1, 0.15) is 12.5 Å². The third-order valence-electron chi connectivity index (χ3n) is 2.24. The highest BCUT2D eigenvalue weighted by atomic mass is 19.3. The van der Waals surface area contributed by atoms with Gasteiger partial charge in [-0.25, -0.2) is 0 Å². The fourth-order valence-electron chi connectivity index (χ4n) is 1.48. The number of alkyl halides is 4. The number of aliphatic hydroxyl groups excluding tert-OH is 1. The van der Waals surface area contributed by atoms with Crippen LogP contribution in [0, 0.1) is 0 Å². The number of halogens is 4. The second kappa shape index (κ2) is 7.91. The van der Waals surface area contributed by atoms with Crippen molar-refractivity contribution in [1.82, 2.24) is 5.32 Å². The van der Waals surface area contributed by atoms with E-state index >= 15 is 0 Å². The Morgan fingerprint density at radius 3 is 2.35 bits per heavy atom. The summed E-state index contributed by atoms with van der Waals surface area (Å²) in [5, 5.41) is 11.9. The molecule has 8 heteroatoms. The molecule has 1 rings (SSSR count). The van der Waals surface area contributed by atoms with Crippen LogP contribution in [0.4, 0.5) is 17.6 Å².